The van der Waals surface area contributed by atoms with Gasteiger partial charge in [-0.3, -0.25) is 15.1 Å². The number of nitrogens with one attached hydrogen (secondary N) is 3. The highest BCUT2D eigenvalue weighted by Crippen LogP contribution is 2.34. The molecule has 0 aliphatic heterocycles. The summed E-state index contributed by atoms with van der Waals surface area (Å²) in [5, 5.41) is 8.38. The molecule has 1 aromatic carbocycles. The molecule has 6 aromatic rings. The second kappa shape index (κ2) is 9.12. The Kier molecular flexibility index (Phi) is 5.73. The van der Waals surface area contributed by atoms with Gasteiger partial charge in [-0.2, -0.15) is 5.10 Å². The molecule has 0 radical (unpaired) electrons. The molecule has 0 aliphatic carbocycles. The number of halogens is 1. The molecule has 0 saturated heterocycles. The van der Waals surface area contributed by atoms with Crippen LogP contribution in [-0.2, 0) is 16.6 Å². The average molecular weight is 528 g/mol. The Labute approximate surface area is 217 Å². The Balaban J connectivity index is 1.44. The monoisotopic (exact) mass is 527 g/mol. The number of sulfonamides is 1. The normalized spacial score (nSPS) is 12.0. The summed E-state index contributed by atoms with van der Waals surface area (Å²) in [7, 11) is -3.42. The molecule has 0 fully saturated rings. The van der Waals surface area contributed by atoms with Crippen LogP contribution >= 0.6 is 0 Å². The van der Waals surface area contributed by atoms with Gasteiger partial charge in [0.05, 0.1) is 34.9 Å². The Hall–Kier alpha value is -4.48. The molecule has 5 heterocycles. The average Bonchev–Trinajstić information content (AvgIpc) is 3.50. The van der Waals surface area contributed by atoms with Crippen LogP contribution < -0.4 is 4.72 Å². The van der Waals surface area contributed by atoms with E-state index in [0.29, 0.717) is 27.9 Å². The van der Waals surface area contributed by atoms with Crippen molar-refractivity contribution in [1.82, 2.24) is 34.9 Å². The summed E-state index contributed by atoms with van der Waals surface area (Å²) in [5.74, 6) is -0.471. The van der Waals surface area contributed by atoms with Crippen LogP contribution in [0.4, 0.5) is 4.39 Å². The van der Waals surface area contributed by atoms with E-state index in [4.69, 9.17) is 4.98 Å². The summed E-state index contributed by atoms with van der Waals surface area (Å²) >= 11 is 0. The van der Waals surface area contributed by atoms with Gasteiger partial charge in [0.2, 0.25) is 10.0 Å². The lowest BCUT2D eigenvalue weighted by molar-refractivity contribution is 0.586. The number of H-pyrrole nitrogens is 2. The van der Waals surface area contributed by atoms with Gasteiger partial charge in [-0.1, -0.05) is 0 Å². The Morgan fingerprint density at radius 3 is 2.63 bits per heavy atom. The van der Waals surface area contributed by atoms with Crippen LogP contribution in [0.25, 0.3) is 55.7 Å². The zero-order valence-corrected chi connectivity index (χ0v) is 21.3. The minimum Gasteiger partial charge on any atom is -0.352 e. The fourth-order valence-electron chi connectivity index (χ4n) is 4.50. The zero-order chi connectivity index (χ0) is 26.4. The van der Waals surface area contributed by atoms with E-state index in [0.717, 1.165) is 45.2 Å². The number of hydrogen-bond acceptors (Lipinski definition) is 6. The number of rotatable bonds is 6. The molecule has 0 atom stereocenters. The Bertz CT molecular complexity index is 1950. The smallest absolute Gasteiger partial charge is 0.209 e. The minimum absolute atomic E-state index is 0.0188. The standard InChI is InChI=1S/C27H22FN7O2S/c1-15-5-6-29-12-20(15)22-3-4-23-26(33-22)27(35-34-23)24-10-19-21(13-30-14-25(19)32-24)17-7-16(8-18(28)9-17)11-31-38(2,36)37/h3-10,12-14,31-32H,11H2,1-2H3,(H,34,35). The number of aryl methyl sites for hydroxylation is 1. The van der Waals surface area contributed by atoms with Gasteiger partial charge in [-0.05, 0) is 66.1 Å². The molecular weight excluding hydrogens is 505 g/mol. The van der Waals surface area contributed by atoms with Crippen molar-refractivity contribution in [2.24, 2.45) is 0 Å². The molecule has 0 aliphatic rings. The molecule has 190 valence electrons. The highest BCUT2D eigenvalue weighted by Gasteiger charge is 2.17. The van der Waals surface area contributed by atoms with E-state index in [9.17, 15) is 12.8 Å². The molecule has 11 heteroatoms. The van der Waals surface area contributed by atoms with E-state index < -0.39 is 15.8 Å². The highest BCUT2D eigenvalue weighted by atomic mass is 32.2. The Morgan fingerprint density at radius 1 is 0.974 bits per heavy atom. The quantitative estimate of drug-likeness (QED) is 0.287. The van der Waals surface area contributed by atoms with Crippen molar-refractivity contribution in [3.8, 4) is 33.8 Å². The number of benzene rings is 1. The maximum atomic E-state index is 14.5. The maximum absolute atomic E-state index is 14.5. The van der Waals surface area contributed by atoms with Gasteiger partial charge in [0, 0.05) is 41.6 Å². The summed E-state index contributed by atoms with van der Waals surface area (Å²) in [6.07, 6.45) is 7.96. The first-order chi connectivity index (χ1) is 18.2. The second-order valence-corrected chi connectivity index (χ2v) is 11.0. The number of aromatic amines is 2. The molecule has 6 rings (SSSR count). The Morgan fingerprint density at radius 2 is 1.82 bits per heavy atom. The van der Waals surface area contributed by atoms with E-state index in [-0.39, 0.29) is 6.54 Å². The lowest BCUT2D eigenvalue weighted by Crippen LogP contribution is -2.21. The summed E-state index contributed by atoms with van der Waals surface area (Å²) in [5.41, 5.74) is 8.18. The van der Waals surface area contributed by atoms with Crippen molar-refractivity contribution in [2.75, 3.05) is 6.26 Å². The van der Waals surface area contributed by atoms with Crippen LogP contribution in [0, 0.1) is 12.7 Å². The number of fused-ring (bicyclic) bond motifs is 2. The molecule has 0 saturated carbocycles. The van der Waals surface area contributed by atoms with Crippen molar-refractivity contribution < 1.29 is 12.8 Å². The van der Waals surface area contributed by atoms with Crippen LogP contribution in [0.5, 0.6) is 0 Å². The van der Waals surface area contributed by atoms with Gasteiger partial charge in [0.1, 0.15) is 17.0 Å². The molecule has 0 spiro atoms. The molecule has 0 unspecified atom stereocenters. The van der Waals surface area contributed by atoms with Crippen LogP contribution in [0.3, 0.4) is 0 Å². The third-order valence-electron chi connectivity index (χ3n) is 6.33. The highest BCUT2D eigenvalue weighted by molar-refractivity contribution is 7.88. The molecule has 0 bridgehead atoms. The molecule has 3 N–H and O–H groups in total. The summed E-state index contributed by atoms with van der Waals surface area (Å²) in [6, 6.07) is 12.2. The molecule has 9 nitrogen and oxygen atoms in total. The first-order valence-electron chi connectivity index (χ1n) is 11.7. The lowest BCUT2D eigenvalue weighted by atomic mass is 10.0. The largest absolute Gasteiger partial charge is 0.352 e. The SMILES string of the molecule is Cc1ccncc1-c1ccc2[nH]nc(-c3cc4c(-c5cc(F)cc(CNS(C)(=O)=O)c5)cncc4[nH]3)c2n1. The number of aromatic nitrogens is 6. The van der Waals surface area contributed by atoms with Crippen LogP contribution in [-0.4, -0.2) is 44.8 Å². The lowest BCUT2D eigenvalue weighted by Gasteiger charge is -2.08. The van der Waals surface area contributed by atoms with Crippen molar-refractivity contribution in [3.05, 3.63) is 84.2 Å². The number of pyridine rings is 3. The summed E-state index contributed by atoms with van der Waals surface area (Å²) in [6.45, 7) is 2.00. The molecule has 0 amide bonds. The molecule has 38 heavy (non-hydrogen) atoms. The predicted octanol–water partition coefficient (Wildman–Crippen LogP) is 4.73. The fourth-order valence-corrected chi connectivity index (χ4v) is 4.93. The third-order valence-corrected chi connectivity index (χ3v) is 7.00. The van der Waals surface area contributed by atoms with Gasteiger partial charge in [-0.15, -0.1) is 0 Å². The third kappa shape index (κ3) is 4.53. The van der Waals surface area contributed by atoms with Gasteiger partial charge in [-0.25, -0.2) is 22.5 Å². The van der Waals surface area contributed by atoms with E-state index in [2.05, 4.69) is 29.9 Å². The minimum atomic E-state index is -3.42. The van der Waals surface area contributed by atoms with Crippen molar-refractivity contribution in [2.45, 2.75) is 13.5 Å². The topological polar surface area (TPSA) is 129 Å². The first-order valence-corrected chi connectivity index (χ1v) is 13.6. The predicted molar refractivity (Wildman–Crippen MR) is 144 cm³/mol. The number of nitrogens with zero attached hydrogens (tertiary/aromatic N) is 4. The molecule has 5 aromatic heterocycles. The second-order valence-electron chi connectivity index (χ2n) is 9.13. The summed E-state index contributed by atoms with van der Waals surface area (Å²) < 4.78 is 39.9. The van der Waals surface area contributed by atoms with E-state index in [1.165, 1.54) is 12.1 Å². The van der Waals surface area contributed by atoms with Crippen LogP contribution in [0.1, 0.15) is 11.1 Å². The first kappa shape index (κ1) is 23.9. The fraction of sp³-hybridized carbons (Fsp3) is 0.111. The van der Waals surface area contributed by atoms with Gasteiger partial charge >= 0.3 is 0 Å². The van der Waals surface area contributed by atoms with Crippen LogP contribution in [0.2, 0.25) is 0 Å². The van der Waals surface area contributed by atoms with Crippen LogP contribution in [0.15, 0.2) is 67.3 Å². The molecular formula is C27H22FN7O2S. The van der Waals surface area contributed by atoms with Gasteiger partial charge in [0.25, 0.3) is 0 Å². The van der Waals surface area contributed by atoms with E-state index in [1.54, 1.807) is 30.9 Å². The van der Waals surface area contributed by atoms with Crippen molar-refractivity contribution in [1.29, 1.82) is 0 Å². The zero-order valence-electron chi connectivity index (χ0n) is 20.4. The van der Waals surface area contributed by atoms with Gasteiger partial charge < -0.3 is 4.98 Å². The maximum Gasteiger partial charge on any atom is 0.209 e. The van der Waals surface area contributed by atoms with E-state index in [1.807, 2.05) is 31.2 Å². The summed E-state index contributed by atoms with van der Waals surface area (Å²) in [4.78, 5) is 16.8. The van der Waals surface area contributed by atoms with Crippen molar-refractivity contribution in [3.63, 3.8) is 0 Å². The number of hydrogen-bond donors (Lipinski definition) is 3. The van der Waals surface area contributed by atoms with E-state index >= 15 is 0 Å². The van der Waals surface area contributed by atoms with Gasteiger partial charge in [0.15, 0.2) is 0 Å². The van der Waals surface area contributed by atoms with Crippen molar-refractivity contribution >= 4 is 32.0 Å².